The van der Waals surface area contributed by atoms with Crippen LogP contribution < -0.4 is 0 Å². The summed E-state index contributed by atoms with van der Waals surface area (Å²) in [5, 5.41) is 20.5. The van der Waals surface area contributed by atoms with Crippen LogP contribution in [0.2, 0.25) is 0 Å². The number of nitro groups is 1. The Bertz CT molecular complexity index is 941. The van der Waals surface area contributed by atoms with Gasteiger partial charge in [-0.05, 0) is 34.9 Å². The number of carboxylic acid groups (broad SMARTS) is 1. The third-order valence-corrected chi connectivity index (χ3v) is 7.18. The largest absolute Gasteiger partial charge is 0.478 e. The van der Waals surface area contributed by atoms with Crippen molar-refractivity contribution in [1.29, 1.82) is 0 Å². The number of halogens is 1. The molecule has 2 heterocycles. The second-order valence-corrected chi connectivity index (χ2v) is 8.79. The van der Waals surface area contributed by atoms with Crippen molar-refractivity contribution in [2.75, 3.05) is 13.1 Å². The molecule has 10 heteroatoms. The zero-order valence-corrected chi connectivity index (χ0v) is 16.9. The number of pyridine rings is 1. The lowest BCUT2D eigenvalue weighted by molar-refractivity contribution is -0.388. The average Bonchev–Trinajstić information content (AvgIpc) is 2.69. The molecular formula is C19H18FN3O4S2. The van der Waals surface area contributed by atoms with E-state index in [-0.39, 0.29) is 21.8 Å². The number of benzene rings is 1. The van der Waals surface area contributed by atoms with Gasteiger partial charge in [-0.2, -0.15) is 0 Å². The van der Waals surface area contributed by atoms with Crippen molar-refractivity contribution in [3.05, 3.63) is 75.7 Å². The fourth-order valence-corrected chi connectivity index (χ4v) is 5.70. The molecule has 1 unspecified atom stereocenters. The first-order chi connectivity index (χ1) is 13.9. The quantitative estimate of drug-likeness (QED) is 0.300. The minimum atomic E-state index is -1.05. The predicted octanol–water partition coefficient (Wildman–Crippen LogP) is 4.15. The monoisotopic (exact) mass is 435 g/mol. The van der Waals surface area contributed by atoms with Gasteiger partial charge in [-0.25, -0.2) is 14.2 Å². The minimum absolute atomic E-state index is 0.0780. The van der Waals surface area contributed by atoms with Gasteiger partial charge in [0.1, 0.15) is 5.82 Å². The number of nitrogens with zero attached hydrogens (tertiary/aromatic N) is 3. The Morgan fingerprint density at radius 2 is 2.17 bits per heavy atom. The first kappa shape index (κ1) is 21.3. The van der Waals surface area contributed by atoms with Crippen molar-refractivity contribution in [1.82, 2.24) is 9.88 Å². The maximum atomic E-state index is 13.9. The Balaban J connectivity index is 1.69. The fraction of sp³-hybridized carbons (Fsp3) is 0.263. The molecule has 0 radical (unpaired) electrons. The van der Waals surface area contributed by atoms with Crippen LogP contribution in [0.15, 0.2) is 59.3 Å². The first-order valence-electron chi connectivity index (χ1n) is 8.76. The van der Waals surface area contributed by atoms with Crippen molar-refractivity contribution in [2.24, 2.45) is 0 Å². The Hall–Kier alpha value is -2.43. The van der Waals surface area contributed by atoms with Gasteiger partial charge in [0.2, 0.25) is 0 Å². The molecule has 1 atom stereocenters. The summed E-state index contributed by atoms with van der Waals surface area (Å²) in [6.45, 7) is 1.44. The van der Waals surface area contributed by atoms with Crippen LogP contribution in [0, 0.1) is 15.9 Å². The number of piperidine rings is 1. The van der Waals surface area contributed by atoms with E-state index in [1.807, 2.05) is 4.90 Å². The van der Waals surface area contributed by atoms with E-state index < -0.39 is 10.9 Å². The fourth-order valence-electron chi connectivity index (χ4n) is 3.02. The Morgan fingerprint density at radius 3 is 2.90 bits per heavy atom. The van der Waals surface area contributed by atoms with Crippen LogP contribution in [-0.2, 0) is 11.3 Å². The highest BCUT2D eigenvalue weighted by atomic mass is 33.1. The maximum absolute atomic E-state index is 13.9. The number of rotatable bonds is 7. The standard InChI is InChI=1S/C19H18FN3O4S2/c20-15-5-2-1-4-13(15)11-22-9-7-17(14(12-22)10-18(24)25)28-29-19-16(23(26)27)6-3-8-21-19/h1-6,8,10,17H,7,9,11-12H2,(H,24,25). The summed E-state index contributed by atoms with van der Waals surface area (Å²) in [4.78, 5) is 28.0. The predicted molar refractivity (Wildman–Crippen MR) is 110 cm³/mol. The number of carbonyl (C=O) groups is 1. The van der Waals surface area contributed by atoms with Crippen LogP contribution >= 0.6 is 21.6 Å². The lowest BCUT2D eigenvalue weighted by atomic mass is 10.0. The van der Waals surface area contributed by atoms with Gasteiger partial charge in [0.05, 0.1) is 4.92 Å². The molecule has 1 N–H and O–H groups in total. The zero-order valence-electron chi connectivity index (χ0n) is 15.2. The van der Waals surface area contributed by atoms with E-state index in [0.29, 0.717) is 37.2 Å². The summed E-state index contributed by atoms with van der Waals surface area (Å²) in [5.41, 5.74) is 1.17. The molecule has 1 aliphatic heterocycles. The second kappa shape index (κ2) is 9.86. The highest BCUT2D eigenvalue weighted by Gasteiger charge is 2.27. The Morgan fingerprint density at radius 1 is 1.38 bits per heavy atom. The zero-order chi connectivity index (χ0) is 20.8. The molecule has 0 spiro atoms. The van der Waals surface area contributed by atoms with E-state index in [1.54, 1.807) is 18.2 Å². The molecule has 2 aromatic rings. The normalized spacial score (nSPS) is 18.7. The highest BCUT2D eigenvalue weighted by Crippen LogP contribution is 2.42. The molecule has 29 heavy (non-hydrogen) atoms. The number of aliphatic carboxylic acids is 1. The van der Waals surface area contributed by atoms with Crippen LogP contribution in [-0.4, -0.2) is 44.2 Å². The molecule has 1 aliphatic rings. The minimum Gasteiger partial charge on any atom is -0.478 e. The van der Waals surface area contributed by atoms with Crippen LogP contribution in [0.5, 0.6) is 0 Å². The lowest BCUT2D eigenvalue weighted by Crippen LogP contribution is -2.36. The number of aromatic nitrogens is 1. The van der Waals surface area contributed by atoms with E-state index in [1.165, 1.54) is 52.1 Å². The molecule has 1 saturated heterocycles. The Kier molecular flexibility index (Phi) is 7.24. The van der Waals surface area contributed by atoms with Gasteiger partial charge in [-0.1, -0.05) is 29.0 Å². The molecule has 152 valence electrons. The average molecular weight is 436 g/mol. The van der Waals surface area contributed by atoms with Crippen LogP contribution in [0.4, 0.5) is 10.1 Å². The summed E-state index contributed by atoms with van der Waals surface area (Å²) < 4.78 is 13.9. The summed E-state index contributed by atoms with van der Waals surface area (Å²) in [5.74, 6) is -1.34. The van der Waals surface area contributed by atoms with Gasteiger partial charge in [0, 0.05) is 48.8 Å². The summed E-state index contributed by atoms with van der Waals surface area (Å²) >= 11 is 0. The Labute approximate surface area is 174 Å². The molecule has 1 aromatic heterocycles. The number of likely N-dealkylation sites (tertiary alicyclic amines) is 1. The summed E-state index contributed by atoms with van der Waals surface area (Å²) in [6, 6.07) is 9.41. The van der Waals surface area contributed by atoms with Crippen molar-refractivity contribution >= 4 is 33.2 Å². The summed E-state index contributed by atoms with van der Waals surface area (Å²) in [6.07, 6.45) is 3.31. The number of hydrogen-bond donors (Lipinski definition) is 1. The van der Waals surface area contributed by atoms with Gasteiger partial charge in [-0.15, -0.1) is 0 Å². The molecule has 7 nitrogen and oxygen atoms in total. The second-order valence-electron chi connectivity index (χ2n) is 6.40. The first-order valence-corrected chi connectivity index (χ1v) is 11.0. The van der Waals surface area contributed by atoms with E-state index in [4.69, 9.17) is 0 Å². The van der Waals surface area contributed by atoms with Gasteiger partial charge >= 0.3 is 11.7 Å². The van der Waals surface area contributed by atoms with Crippen LogP contribution in [0.3, 0.4) is 0 Å². The van der Waals surface area contributed by atoms with Gasteiger partial charge in [-0.3, -0.25) is 15.0 Å². The highest BCUT2D eigenvalue weighted by molar-refractivity contribution is 8.77. The van der Waals surface area contributed by atoms with E-state index in [0.717, 1.165) is 0 Å². The SMILES string of the molecule is O=C(O)C=C1CN(Cc2ccccc2F)CCC1SSc1ncccc1[N+](=O)[O-]. The smallest absolute Gasteiger partial charge is 0.328 e. The molecule has 1 fully saturated rings. The van der Waals surface area contributed by atoms with Gasteiger partial charge < -0.3 is 5.11 Å². The van der Waals surface area contributed by atoms with Crippen LogP contribution in [0.1, 0.15) is 12.0 Å². The molecule has 0 saturated carbocycles. The van der Waals surface area contributed by atoms with Crippen molar-refractivity contribution in [3.8, 4) is 0 Å². The van der Waals surface area contributed by atoms with Gasteiger partial charge in [0.15, 0.2) is 5.03 Å². The van der Waals surface area contributed by atoms with Crippen molar-refractivity contribution in [3.63, 3.8) is 0 Å². The van der Waals surface area contributed by atoms with Crippen molar-refractivity contribution < 1.29 is 19.2 Å². The summed E-state index contributed by atoms with van der Waals surface area (Å²) in [7, 11) is 2.53. The van der Waals surface area contributed by atoms with E-state index >= 15 is 0 Å². The molecule has 1 aromatic carbocycles. The van der Waals surface area contributed by atoms with Crippen molar-refractivity contribution in [2.45, 2.75) is 23.2 Å². The topological polar surface area (TPSA) is 96.6 Å². The third-order valence-electron chi connectivity index (χ3n) is 4.38. The molecule has 0 aliphatic carbocycles. The number of hydrogen-bond acceptors (Lipinski definition) is 7. The lowest BCUT2D eigenvalue weighted by Gasteiger charge is -2.33. The van der Waals surface area contributed by atoms with E-state index in [2.05, 4.69) is 4.98 Å². The maximum Gasteiger partial charge on any atom is 0.328 e. The molecule has 0 bridgehead atoms. The molecular weight excluding hydrogens is 417 g/mol. The molecule has 3 rings (SSSR count). The van der Waals surface area contributed by atoms with Gasteiger partial charge in [0.25, 0.3) is 0 Å². The van der Waals surface area contributed by atoms with Crippen LogP contribution in [0.25, 0.3) is 0 Å². The number of carboxylic acids is 1. The van der Waals surface area contributed by atoms with E-state index in [9.17, 15) is 24.4 Å². The third kappa shape index (κ3) is 5.78. The molecule has 0 amide bonds.